The highest BCUT2D eigenvalue weighted by Crippen LogP contribution is 2.46. The highest BCUT2D eigenvalue weighted by Gasteiger charge is 2.48. The van der Waals surface area contributed by atoms with Gasteiger partial charge in [0.1, 0.15) is 5.69 Å². The van der Waals surface area contributed by atoms with E-state index >= 15 is 0 Å². The average molecular weight is 329 g/mol. The summed E-state index contributed by atoms with van der Waals surface area (Å²) in [6.45, 7) is 0. The summed E-state index contributed by atoms with van der Waals surface area (Å²) in [4.78, 5) is 0. The molecule has 7 heteroatoms. The standard InChI is InChI=1S/C16H9F6N/c17-15(18,19)13-11-8-4-5-9-12(11)23(14(13)16(20,21)22)10-6-2-1-3-7-10/h1-9H. The lowest BCUT2D eigenvalue weighted by Gasteiger charge is -2.16. The van der Waals surface area contributed by atoms with Gasteiger partial charge in [0.15, 0.2) is 0 Å². The van der Waals surface area contributed by atoms with Crippen LogP contribution < -0.4 is 0 Å². The van der Waals surface area contributed by atoms with E-state index in [1.807, 2.05) is 0 Å². The fraction of sp³-hybridized carbons (Fsp3) is 0.125. The molecule has 0 saturated heterocycles. The van der Waals surface area contributed by atoms with Gasteiger partial charge < -0.3 is 4.57 Å². The summed E-state index contributed by atoms with van der Waals surface area (Å²) in [5, 5.41) is -0.476. The predicted octanol–water partition coefficient (Wildman–Crippen LogP) is 5.67. The van der Waals surface area contributed by atoms with Gasteiger partial charge in [-0.2, -0.15) is 26.3 Å². The normalized spacial score (nSPS) is 12.8. The lowest BCUT2D eigenvalue weighted by molar-refractivity contribution is -0.164. The molecule has 0 saturated carbocycles. The first kappa shape index (κ1) is 15.5. The van der Waals surface area contributed by atoms with Crippen LogP contribution in [0.1, 0.15) is 11.3 Å². The molecule has 0 bridgehead atoms. The Morgan fingerprint density at radius 3 is 1.78 bits per heavy atom. The van der Waals surface area contributed by atoms with E-state index in [9.17, 15) is 26.3 Å². The number of hydrogen-bond donors (Lipinski definition) is 0. The third-order valence-corrected chi connectivity index (χ3v) is 3.44. The van der Waals surface area contributed by atoms with Crippen molar-refractivity contribution in [3.05, 3.63) is 65.9 Å². The lowest BCUT2D eigenvalue weighted by atomic mass is 10.1. The van der Waals surface area contributed by atoms with E-state index in [4.69, 9.17) is 0 Å². The molecule has 0 aliphatic heterocycles. The molecule has 1 heterocycles. The first-order valence-corrected chi connectivity index (χ1v) is 6.54. The Labute approximate surface area is 126 Å². The minimum Gasteiger partial charge on any atom is -0.305 e. The Balaban J connectivity index is 2.53. The molecule has 120 valence electrons. The summed E-state index contributed by atoms with van der Waals surface area (Å²) in [5.41, 5.74) is -3.49. The second-order valence-corrected chi connectivity index (χ2v) is 4.91. The molecule has 0 fully saturated rings. The molecule has 3 rings (SSSR count). The molecular weight excluding hydrogens is 320 g/mol. The van der Waals surface area contributed by atoms with Crippen LogP contribution in [0.2, 0.25) is 0 Å². The zero-order chi connectivity index (χ0) is 16.8. The molecule has 3 aromatic rings. The van der Waals surface area contributed by atoms with E-state index in [1.54, 1.807) is 6.07 Å². The number of nitrogens with zero attached hydrogens (tertiary/aromatic N) is 1. The van der Waals surface area contributed by atoms with E-state index in [-0.39, 0.29) is 11.2 Å². The highest BCUT2D eigenvalue weighted by atomic mass is 19.4. The fourth-order valence-electron chi connectivity index (χ4n) is 2.64. The lowest BCUT2D eigenvalue weighted by Crippen LogP contribution is -2.19. The van der Waals surface area contributed by atoms with Gasteiger partial charge in [0.25, 0.3) is 0 Å². The summed E-state index contributed by atoms with van der Waals surface area (Å²) in [7, 11) is 0. The number of alkyl halides is 6. The van der Waals surface area contributed by atoms with E-state index in [0.29, 0.717) is 4.57 Å². The van der Waals surface area contributed by atoms with Gasteiger partial charge >= 0.3 is 12.4 Å². The SMILES string of the molecule is FC(F)(F)c1c(C(F)(F)F)n(-c2ccccc2)c2ccccc12. The third-order valence-electron chi connectivity index (χ3n) is 3.44. The van der Waals surface area contributed by atoms with Crippen LogP contribution in [0.3, 0.4) is 0 Å². The largest absolute Gasteiger partial charge is 0.432 e. The maximum absolute atomic E-state index is 13.4. The van der Waals surface area contributed by atoms with Gasteiger partial charge in [0.2, 0.25) is 0 Å². The minimum absolute atomic E-state index is 0.0199. The highest BCUT2D eigenvalue weighted by molar-refractivity contribution is 5.88. The Kier molecular flexibility index (Phi) is 3.39. The number of hydrogen-bond acceptors (Lipinski definition) is 0. The monoisotopic (exact) mass is 329 g/mol. The Hall–Kier alpha value is -2.44. The van der Waals surface area contributed by atoms with Crippen molar-refractivity contribution in [1.82, 2.24) is 4.57 Å². The summed E-state index contributed by atoms with van der Waals surface area (Å²) < 4.78 is 80.9. The van der Waals surface area contributed by atoms with Gasteiger partial charge in [0.05, 0.1) is 11.1 Å². The molecular formula is C16H9F6N. The Morgan fingerprint density at radius 2 is 1.22 bits per heavy atom. The minimum atomic E-state index is -5.15. The van der Waals surface area contributed by atoms with Crippen molar-refractivity contribution in [2.75, 3.05) is 0 Å². The summed E-state index contributed by atoms with van der Waals surface area (Å²) in [5.74, 6) is 0. The van der Waals surface area contributed by atoms with E-state index < -0.39 is 29.0 Å². The topological polar surface area (TPSA) is 4.93 Å². The van der Waals surface area contributed by atoms with E-state index in [2.05, 4.69) is 0 Å². The van der Waals surface area contributed by atoms with Crippen LogP contribution in [-0.4, -0.2) is 4.57 Å². The van der Waals surface area contributed by atoms with Crippen molar-refractivity contribution in [3.8, 4) is 5.69 Å². The number of rotatable bonds is 1. The molecule has 0 aliphatic carbocycles. The first-order chi connectivity index (χ1) is 10.7. The number of aromatic nitrogens is 1. The van der Waals surface area contributed by atoms with Crippen LogP contribution in [0.15, 0.2) is 54.6 Å². The molecule has 0 unspecified atom stereocenters. The number of benzene rings is 2. The molecule has 0 atom stereocenters. The van der Waals surface area contributed by atoms with Crippen molar-refractivity contribution in [2.45, 2.75) is 12.4 Å². The molecule has 23 heavy (non-hydrogen) atoms. The molecule has 1 aromatic heterocycles. The van der Waals surface area contributed by atoms with Crippen molar-refractivity contribution >= 4 is 10.9 Å². The van der Waals surface area contributed by atoms with E-state index in [0.717, 1.165) is 6.07 Å². The van der Waals surface area contributed by atoms with Crippen LogP contribution in [0, 0.1) is 0 Å². The molecule has 0 spiro atoms. The van der Waals surface area contributed by atoms with Gasteiger partial charge in [-0.25, -0.2) is 0 Å². The van der Waals surface area contributed by atoms with E-state index in [1.165, 1.54) is 42.5 Å². The molecule has 0 amide bonds. The average Bonchev–Trinajstić information content (AvgIpc) is 2.83. The summed E-state index contributed by atoms with van der Waals surface area (Å²) in [6.07, 6.45) is -10.3. The molecule has 2 aromatic carbocycles. The first-order valence-electron chi connectivity index (χ1n) is 6.54. The smallest absolute Gasteiger partial charge is 0.305 e. The van der Waals surface area contributed by atoms with Gasteiger partial charge in [0, 0.05) is 11.1 Å². The maximum Gasteiger partial charge on any atom is 0.432 e. The van der Waals surface area contributed by atoms with Crippen LogP contribution in [0.5, 0.6) is 0 Å². The second kappa shape index (κ2) is 5.04. The molecule has 0 aliphatic rings. The van der Waals surface area contributed by atoms with Crippen LogP contribution in [-0.2, 0) is 12.4 Å². The number of para-hydroxylation sites is 2. The second-order valence-electron chi connectivity index (χ2n) is 4.91. The van der Waals surface area contributed by atoms with Crippen LogP contribution >= 0.6 is 0 Å². The van der Waals surface area contributed by atoms with Gasteiger partial charge in [-0.15, -0.1) is 0 Å². The molecule has 1 nitrogen and oxygen atoms in total. The zero-order valence-electron chi connectivity index (χ0n) is 11.4. The third kappa shape index (κ3) is 2.56. The van der Waals surface area contributed by atoms with Crippen LogP contribution in [0.4, 0.5) is 26.3 Å². The fourth-order valence-corrected chi connectivity index (χ4v) is 2.64. The predicted molar refractivity (Wildman–Crippen MR) is 73.3 cm³/mol. The van der Waals surface area contributed by atoms with Gasteiger partial charge in [-0.3, -0.25) is 0 Å². The Bertz CT molecular complexity index is 843. The molecule has 0 radical (unpaired) electrons. The van der Waals surface area contributed by atoms with Crippen molar-refractivity contribution in [1.29, 1.82) is 0 Å². The molecule has 0 N–H and O–H groups in total. The summed E-state index contributed by atoms with van der Waals surface area (Å²) in [6, 6.07) is 12.2. The quantitative estimate of drug-likeness (QED) is 0.507. The van der Waals surface area contributed by atoms with Crippen molar-refractivity contribution < 1.29 is 26.3 Å². The van der Waals surface area contributed by atoms with Crippen molar-refractivity contribution in [3.63, 3.8) is 0 Å². The maximum atomic E-state index is 13.4. The summed E-state index contributed by atoms with van der Waals surface area (Å²) >= 11 is 0. The van der Waals surface area contributed by atoms with Crippen LogP contribution in [0.25, 0.3) is 16.6 Å². The number of halogens is 6. The zero-order valence-corrected chi connectivity index (χ0v) is 11.4. The van der Waals surface area contributed by atoms with Crippen molar-refractivity contribution in [2.24, 2.45) is 0 Å². The number of fused-ring (bicyclic) bond motifs is 1. The Morgan fingerprint density at radius 1 is 0.652 bits per heavy atom. The van der Waals surface area contributed by atoms with Gasteiger partial charge in [-0.1, -0.05) is 36.4 Å². The van der Waals surface area contributed by atoms with Gasteiger partial charge in [-0.05, 0) is 18.2 Å².